The first-order valence-electron chi connectivity index (χ1n) is 10.5. The van der Waals surface area contributed by atoms with Crippen LogP contribution in [0.25, 0.3) is 11.4 Å². The molecular formula is C22H26N4O4S2. The highest BCUT2D eigenvalue weighted by Gasteiger charge is 2.31. The molecule has 1 aliphatic rings. The largest absolute Gasteiger partial charge is 0.338 e. The lowest BCUT2D eigenvalue weighted by Crippen LogP contribution is -2.36. The molecule has 0 spiro atoms. The quantitative estimate of drug-likeness (QED) is 0.583. The van der Waals surface area contributed by atoms with Crippen LogP contribution in [0.2, 0.25) is 0 Å². The van der Waals surface area contributed by atoms with Gasteiger partial charge < -0.3 is 9.84 Å². The third kappa shape index (κ3) is 4.62. The van der Waals surface area contributed by atoms with Gasteiger partial charge in [-0.3, -0.25) is 4.79 Å². The van der Waals surface area contributed by atoms with Gasteiger partial charge in [-0.25, -0.2) is 8.42 Å². The van der Waals surface area contributed by atoms with E-state index in [1.165, 1.54) is 10.4 Å². The van der Waals surface area contributed by atoms with E-state index in [1.807, 2.05) is 20.8 Å². The first kappa shape index (κ1) is 22.6. The molecule has 170 valence electrons. The lowest BCUT2D eigenvalue weighted by molar-refractivity contribution is 0.102. The number of amides is 1. The van der Waals surface area contributed by atoms with Crippen molar-refractivity contribution in [3.05, 3.63) is 46.5 Å². The van der Waals surface area contributed by atoms with E-state index in [0.717, 1.165) is 36.2 Å². The zero-order valence-corrected chi connectivity index (χ0v) is 19.9. The number of piperidine rings is 1. The van der Waals surface area contributed by atoms with Gasteiger partial charge in [0.15, 0.2) is 0 Å². The Hall–Kier alpha value is -2.56. The van der Waals surface area contributed by atoms with Crippen LogP contribution < -0.4 is 5.32 Å². The van der Waals surface area contributed by atoms with Gasteiger partial charge in [0.05, 0.1) is 0 Å². The molecule has 0 bridgehead atoms. The van der Waals surface area contributed by atoms with Crippen molar-refractivity contribution in [2.45, 2.75) is 50.3 Å². The minimum Gasteiger partial charge on any atom is -0.338 e. The molecule has 1 aliphatic heterocycles. The zero-order valence-electron chi connectivity index (χ0n) is 18.3. The van der Waals surface area contributed by atoms with Crippen LogP contribution in [0.5, 0.6) is 0 Å². The summed E-state index contributed by atoms with van der Waals surface area (Å²) >= 11 is 1.12. The second-order valence-corrected chi connectivity index (χ2v) is 11.6. The molecular weight excluding hydrogens is 448 g/mol. The molecule has 1 fully saturated rings. The average molecular weight is 475 g/mol. The lowest BCUT2D eigenvalue weighted by atomic mass is 9.97. The van der Waals surface area contributed by atoms with Gasteiger partial charge in [-0.05, 0) is 48.6 Å². The number of benzene rings is 1. The van der Waals surface area contributed by atoms with Gasteiger partial charge in [-0.2, -0.15) is 9.29 Å². The maximum Gasteiger partial charge on any atom is 0.267 e. The van der Waals surface area contributed by atoms with Crippen molar-refractivity contribution in [2.75, 3.05) is 18.4 Å². The summed E-state index contributed by atoms with van der Waals surface area (Å²) in [4.78, 5) is 17.6. The highest BCUT2D eigenvalue weighted by atomic mass is 32.2. The van der Waals surface area contributed by atoms with Crippen molar-refractivity contribution >= 4 is 33.0 Å². The lowest BCUT2D eigenvalue weighted by Gasteiger charge is -2.25. The molecule has 0 radical (unpaired) electrons. The normalized spacial score (nSPS) is 15.6. The monoisotopic (exact) mass is 474 g/mol. The van der Waals surface area contributed by atoms with Gasteiger partial charge in [0.1, 0.15) is 9.77 Å². The fraction of sp³-hybridized carbons (Fsp3) is 0.409. The number of carbonyl (C=O) groups excluding carboxylic acids is 1. The first-order valence-corrected chi connectivity index (χ1v) is 12.8. The number of carbonyl (C=O) groups is 1. The first-order chi connectivity index (χ1) is 15.2. The molecule has 0 unspecified atom stereocenters. The number of thiophene rings is 1. The average Bonchev–Trinajstić information content (AvgIpc) is 3.45. The van der Waals surface area contributed by atoms with Crippen molar-refractivity contribution < 1.29 is 17.7 Å². The van der Waals surface area contributed by atoms with Crippen LogP contribution in [-0.4, -0.2) is 41.9 Å². The highest BCUT2D eigenvalue weighted by molar-refractivity contribution is 7.89. The number of nitrogens with zero attached hydrogens (tertiary/aromatic N) is 3. The SMILES string of the molecule is CC(C)(C)c1nc(-c2ccc(NC(=O)c3sccc3S(=O)(=O)N3CCCCC3)cc2)no1. The second kappa shape index (κ2) is 8.76. The summed E-state index contributed by atoms with van der Waals surface area (Å²) in [7, 11) is -3.68. The number of rotatable bonds is 5. The number of aromatic nitrogens is 2. The Morgan fingerprint density at radius 1 is 1.09 bits per heavy atom. The van der Waals surface area contributed by atoms with Gasteiger partial charge in [-0.15, -0.1) is 11.3 Å². The molecule has 1 saturated heterocycles. The predicted molar refractivity (Wildman–Crippen MR) is 123 cm³/mol. The number of anilines is 1. The zero-order chi connectivity index (χ0) is 22.9. The van der Waals surface area contributed by atoms with Crippen LogP contribution in [0.1, 0.15) is 55.6 Å². The van der Waals surface area contributed by atoms with Crippen LogP contribution in [0.4, 0.5) is 5.69 Å². The van der Waals surface area contributed by atoms with Crippen LogP contribution in [-0.2, 0) is 15.4 Å². The molecule has 8 nitrogen and oxygen atoms in total. The highest BCUT2D eigenvalue weighted by Crippen LogP contribution is 2.29. The van der Waals surface area contributed by atoms with Gasteiger partial charge in [0.2, 0.25) is 21.7 Å². The Morgan fingerprint density at radius 3 is 2.41 bits per heavy atom. The van der Waals surface area contributed by atoms with Gasteiger partial charge in [0, 0.05) is 29.8 Å². The summed E-state index contributed by atoms with van der Waals surface area (Å²) in [5.41, 5.74) is 1.06. The summed E-state index contributed by atoms with van der Waals surface area (Å²) < 4.78 is 32.9. The fourth-order valence-electron chi connectivity index (χ4n) is 3.45. The van der Waals surface area contributed by atoms with E-state index in [0.29, 0.717) is 30.5 Å². The molecule has 2 aromatic heterocycles. The Bertz CT molecular complexity index is 1200. The van der Waals surface area contributed by atoms with Gasteiger partial charge >= 0.3 is 0 Å². The number of sulfonamides is 1. The van der Waals surface area contributed by atoms with Crippen molar-refractivity contribution in [3.63, 3.8) is 0 Å². The summed E-state index contributed by atoms with van der Waals surface area (Å²) in [6, 6.07) is 8.54. The van der Waals surface area contributed by atoms with Crippen LogP contribution >= 0.6 is 11.3 Å². The van der Waals surface area contributed by atoms with Crippen molar-refractivity contribution in [1.82, 2.24) is 14.4 Å². The second-order valence-electron chi connectivity index (χ2n) is 8.78. The maximum atomic E-state index is 13.0. The third-order valence-corrected chi connectivity index (χ3v) is 8.22. The summed E-state index contributed by atoms with van der Waals surface area (Å²) in [6.07, 6.45) is 2.71. The smallest absolute Gasteiger partial charge is 0.267 e. The molecule has 1 aromatic carbocycles. The molecule has 3 heterocycles. The van der Waals surface area contributed by atoms with Crippen LogP contribution in [0.3, 0.4) is 0 Å². The van der Waals surface area contributed by atoms with E-state index < -0.39 is 15.9 Å². The minimum atomic E-state index is -3.68. The standard InChI is InChI=1S/C22H26N4O4S2/c1-22(2,3)21-24-19(25-30-21)15-7-9-16(10-8-15)23-20(27)18-17(11-14-31-18)32(28,29)26-12-5-4-6-13-26/h7-11,14H,4-6,12-13H2,1-3H3,(H,23,27). The van der Waals surface area contributed by atoms with Gasteiger partial charge in [-0.1, -0.05) is 32.3 Å². The molecule has 4 rings (SSSR count). The summed E-state index contributed by atoms with van der Waals surface area (Å²) in [6.45, 7) is 6.97. The number of nitrogens with one attached hydrogen (secondary N) is 1. The maximum absolute atomic E-state index is 13.0. The summed E-state index contributed by atoms with van der Waals surface area (Å²) in [5, 5.41) is 8.45. The Morgan fingerprint density at radius 2 is 1.78 bits per heavy atom. The van der Waals surface area contributed by atoms with Crippen LogP contribution in [0.15, 0.2) is 45.1 Å². The van der Waals surface area contributed by atoms with E-state index in [4.69, 9.17) is 4.52 Å². The van der Waals surface area contributed by atoms with E-state index in [1.54, 1.807) is 29.6 Å². The molecule has 0 atom stereocenters. The van der Waals surface area contributed by atoms with Crippen molar-refractivity contribution in [3.8, 4) is 11.4 Å². The molecule has 1 N–H and O–H groups in total. The third-order valence-electron chi connectivity index (χ3n) is 5.24. The topological polar surface area (TPSA) is 105 Å². The van der Waals surface area contributed by atoms with E-state index in [-0.39, 0.29) is 15.2 Å². The minimum absolute atomic E-state index is 0.0695. The predicted octanol–water partition coefficient (Wildman–Crippen LogP) is 4.52. The number of hydrogen-bond acceptors (Lipinski definition) is 7. The molecule has 32 heavy (non-hydrogen) atoms. The Labute approximate surface area is 191 Å². The van der Waals surface area contributed by atoms with Gasteiger partial charge in [0.25, 0.3) is 5.91 Å². The molecule has 3 aromatic rings. The van der Waals surface area contributed by atoms with Crippen molar-refractivity contribution in [2.24, 2.45) is 0 Å². The molecule has 0 aliphatic carbocycles. The van der Waals surface area contributed by atoms with E-state index in [9.17, 15) is 13.2 Å². The Balaban J connectivity index is 1.50. The Kier molecular flexibility index (Phi) is 6.19. The van der Waals surface area contributed by atoms with Crippen LogP contribution in [0, 0.1) is 0 Å². The van der Waals surface area contributed by atoms with E-state index >= 15 is 0 Å². The molecule has 0 saturated carbocycles. The summed E-state index contributed by atoms with van der Waals surface area (Å²) in [5.74, 6) is 0.573. The molecule has 10 heteroatoms. The number of hydrogen-bond donors (Lipinski definition) is 1. The van der Waals surface area contributed by atoms with E-state index in [2.05, 4.69) is 15.5 Å². The molecule has 1 amide bonds. The van der Waals surface area contributed by atoms with Crippen molar-refractivity contribution in [1.29, 1.82) is 0 Å². The fourth-order valence-corrected chi connectivity index (χ4v) is 6.26.